The summed E-state index contributed by atoms with van der Waals surface area (Å²) in [7, 11) is 0. The Balaban J connectivity index is 1.78. The van der Waals surface area contributed by atoms with E-state index in [9.17, 15) is 9.59 Å². The van der Waals surface area contributed by atoms with Crippen LogP contribution in [0.25, 0.3) is 0 Å². The first-order valence-electron chi connectivity index (χ1n) is 8.23. The van der Waals surface area contributed by atoms with Gasteiger partial charge in [-0.25, -0.2) is 0 Å². The van der Waals surface area contributed by atoms with E-state index in [0.717, 1.165) is 13.0 Å². The van der Waals surface area contributed by atoms with Gasteiger partial charge < -0.3 is 10.6 Å². The Hall–Kier alpha value is -2.62. The van der Waals surface area contributed by atoms with Crippen LogP contribution >= 0.6 is 0 Å². The van der Waals surface area contributed by atoms with Gasteiger partial charge >= 0.3 is 0 Å². The second-order valence-corrected chi connectivity index (χ2v) is 6.54. The highest BCUT2D eigenvalue weighted by Gasteiger charge is 2.34. The Kier molecular flexibility index (Phi) is 4.38. The molecule has 4 nitrogen and oxygen atoms in total. The molecule has 0 bridgehead atoms. The zero-order valence-corrected chi connectivity index (χ0v) is 14.0. The zero-order valence-electron chi connectivity index (χ0n) is 14.0. The van der Waals surface area contributed by atoms with Crippen LogP contribution in [0.15, 0.2) is 48.5 Å². The van der Waals surface area contributed by atoms with Crippen molar-refractivity contribution in [3.63, 3.8) is 0 Å². The fraction of sp³-hybridized carbons (Fsp3) is 0.300. The van der Waals surface area contributed by atoms with Gasteiger partial charge in [0.15, 0.2) is 0 Å². The minimum absolute atomic E-state index is 0.00889. The van der Waals surface area contributed by atoms with Crippen molar-refractivity contribution in [1.82, 2.24) is 4.90 Å². The lowest BCUT2D eigenvalue weighted by Gasteiger charge is -2.21. The normalized spacial score (nSPS) is 20.2. The van der Waals surface area contributed by atoms with E-state index in [1.165, 1.54) is 11.1 Å². The Bertz CT molecular complexity index is 767. The lowest BCUT2D eigenvalue weighted by Crippen LogP contribution is -2.34. The van der Waals surface area contributed by atoms with Crippen LogP contribution in [-0.4, -0.2) is 29.3 Å². The molecular weight excluding hydrogens is 300 g/mol. The smallest absolute Gasteiger partial charge is 0.254 e. The van der Waals surface area contributed by atoms with Gasteiger partial charge in [-0.2, -0.15) is 0 Å². The highest BCUT2D eigenvalue weighted by atomic mass is 16.2. The van der Waals surface area contributed by atoms with Gasteiger partial charge in [-0.05, 0) is 55.7 Å². The first-order chi connectivity index (χ1) is 11.5. The molecule has 3 rings (SSSR count). The molecule has 2 aromatic rings. The van der Waals surface area contributed by atoms with Crippen molar-refractivity contribution in [3.05, 3.63) is 70.8 Å². The third-order valence-corrected chi connectivity index (χ3v) is 4.88. The third kappa shape index (κ3) is 3.04. The van der Waals surface area contributed by atoms with Crippen LogP contribution in [0.3, 0.4) is 0 Å². The van der Waals surface area contributed by atoms with Gasteiger partial charge in [-0.3, -0.25) is 9.59 Å². The maximum atomic E-state index is 12.8. The Morgan fingerprint density at radius 3 is 2.29 bits per heavy atom. The molecule has 0 saturated carbocycles. The van der Waals surface area contributed by atoms with E-state index in [1.807, 2.05) is 11.0 Å². The van der Waals surface area contributed by atoms with Gasteiger partial charge in [0.2, 0.25) is 5.91 Å². The van der Waals surface area contributed by atoms with Crippen molar-refractivity contribution in [1.29, 1.82) is 0 Å². The fourth-order valence-electron chi connectivity index (χ4n) is 3.53. The number of hydrogen-bond acceptors (Lipinski definition) is 2. The molecule has 0 spiro atoms. The van der Waals surface area contributed by atoms with E-state index in [4.69, 9.17) is 5.73 Å². The summed E-state index contributed by atoms with van der Waals surface area (Å²) in [6.07, 6.45) is 0.968. The molecule has 0 aliphatic carbocycles. The Morgan fingerprint density at radius 2 is 1.67 bits per heavy atom. The number of carbonyl (C=O) groups is 2. The molecule has 2 N–H and O–H groups in total. The number of hydrogen-bond donors (Lipinski definition) is 1. The molecule has 1 fully saturated rings. The molecule has 0 radical (unpaired) electrons. The maximum Gasteiger partial charge on any atom is 0.254 e. The molecule has 1 heterocycles. The third-order valence-electron chi connectivity index (χ3n) is 4.88. The SMILES string of the molecule is Cc1ccccc1[C@@H]1C[C@@H](C)N(C(=O)c2ccc(C(N)=O)cc2)C1. The molecular formula is C20H22N2O2. The molecule has 24 heavy (non-hydrogen) atoms. The lowest BCUT2D eigenvalue weighted by molar-refractivity contribution is 0.0745. The van der Waals surface area contributed by atoms with Crippen molar-refractivity contribution in [3.8, 4) is 0 Å². The number of nitrogens with zero attached hydrogens (tertiary/aromatic N) is 1. The van der Waals surface area contributed by atoms with Crippen LogP contribution in [-0.2, 0) is 0 Å². The minimum atomic E-state index is -0.483. The highest BCUT2D eigenvalue weighted by Crippen LogP contribution is 2.34. The van der Waals surface area contributed by atoms with Gasteiger partial charge in [0.1, 0.15) is 0 Å². The van der Waals surface area contributed by atoms with E-state index >= 15 is 0 Å². The van der Waals surface area contributed by atoms with E-state index in [-0.39, 0.29) is 11.9 Å². The molecule has 0 unspecified atom stereocenters. The zero-order chi connectivity index (χ0) is 17.3. The van der Waals surface area contributed by atoms with Crippen LogP contribution in [0.2, 0.25) is 0 Å². The van der Waals surface area contributed by atoms with Crippen molar-refractivity contribution in [2.45, 2.75) is 32.2 Å². The summed E-state index contributed by atoms with van der Waals surface area (Å²) in [6.45, 7) is 4.93. The molecule has 4 heteroatoms. The quantitative estimate of drug-likeness (QED) is 0.943. The Morgan fingerprint density at radius 1 is 1.04 bits per heavy atom. The second kappa shape index (κ2) is 6.48. The lowest BCUT2D eigenvalue weighted by atomic mass is 9.93. The molecule has 1 aliphatic rings. The van der Waals surface area contributed by atoms with E-state index in [2.05, 4.69) is 32.0 Å². The summed E-state index contributed by atoms with van der Waals surface area (Å²) in [6, 6.07) is 15.1. The average Bonchev–Trinajstić information content (AvgIpc) is 2.96. The van der Waals surface area contributed by atoms with Crippen molar-refractivity contribution in [2.24, 2.45) is 5.73 Å². The summed E-state index contributed by atoms with van der Waals surface area (Å²) in [5, 5.41) is 0. The summed E-state index contributed by atoms with van der Waals surface area (Å²) < 4.78 is 0. The summed E-state index contributed by atoms with van der Waals surface area (Å²) in [5.41, 5.74) is 8.85. The van der Waals surface area contributed by atoms with E-state index in [0.29, 0.717) is 17.0 Å². The predicted octanol–water partition coefficient (Wildman–Crippen LogP) is 3.11. The van der Waals surface area contributed by atoms with Crippen LogP contribution in [0, 0.1) is 6.92 Å². The molecule has 2 atom stereocenters. The minimum Gasteiger partial charge on any atom is -0.366 e. The summed E-state index contributed by atoms with van der Waals surface area (Å²) >= 11 is 0. The second-order valence-electron chi connectivity index (χ2n) is 6.54. The number of primary amides is 1. The van der Waals surface area contributed by atoms with E-state index in [1.54, 1.807) is 24.3 Å². The van der Waals surface area contributed by atoms with Crippen LogP contribution < -0.4 is 5.73 Å². The van der Waals surface area contributed by atoms with Crippen LogP contribution in [0.5, 0.6) is 0 Å². The fourth-order valence-corrected chi connectivity index (χ4v) is 3.53. The van der Waals surface area contributed by atoms with Gasteiger partial charge in [-0.15, -0.1) is 0 Å². The number of nitrogens with two attached hydrogens (primary N) is 1. The van der Waals surface area contributed by atoms with Crippen molar-refractivity contribution >= 4 is 11.8 Å². The topological polar surface area (TPSA) is 63.4 Å². The molecule has 1 aliphatic heterocycles. The first-order valence-corrected chi connectivity index (χ1v) is 8.23. The number of carbonyl (C=O) groups excluding carboxylic acids is 2. The predicted molar refractivity (Wildman–Crippen MR) is 94.0 cm³/mol. The molecule has 0 aromatic heterocycles. The number of rotatable bonds is 3. The molecule has 2 amide bonds. The van der Waals surface area contributed by atoms with E-state index < -0.39 is 5.91 Å². The van der Waals surface area contributed by atoms with Crippen molar-refractivity contribution in [2.75, 3.05) is 6.54 Å². The molecule has 1 saturated heterocycles. The maximum absolute atomic E-state index is 12.8. The summed E-state index contributed by atoms with van der Waals surface area (Å²) in [5.74, 6) is -0.104. The first kappa shape index (κ1) is 16.2. The Labute approximate surface area is 142 Å². The average molecular weight is 322 g/mol. The number of likely N-dealkylation sites (tertiary alicyclic amines) is 1. The van der Waals surface area contributed by atoms with Crippen LogP contribution in [0.1, 0.15) is 51.1 Å². The highest BCUT2D eigenvalue weighted by molar-refractivity contribution is 5.97. The standard InChI is InChI=1S/C20H22N2O2/c1-13-5-3-4-6-18(13)17-11-14(2)22(12-17)20(24)16-9-7-15(8-10-16)19(21)23/h3-10,14,17H,11-12H2,1-2H3,(H2,21,23)/t14-,17-/m1/s1. The van der Waals surface area contributed by atoms with Gasteiger partial charge in [0.25, 0.3) is 5.91 Å². The molecule has 2 aromatic carbocycles. The van der Waals surface area contributed by atoms with Gasteiger partial charge in [-0.1, -0.05) is 24.3 Å². The summed E-state index contributed by atoms with van der Waals surface area (Å²) in [4.78, 5) is 25.9. The number of amides is 2. The number of aryl methyl sites for hydroxylation is 1. The van der Waals surface area contributed by atoms with Crippen LogP contribution in [0.4, 0.5) is 0 Å². The van der Waals surface area contributed by atoms with Crippen molar-refractivity contribution < 1.29 is 9.59 Å². The number of benzene rings is 2. The molecule has 124 valence electrons. The largest absolute Gasteiger partial charge is 0.366 e. The monoisotopic (exact) mass is 322 g/mol. The van der Waals surface area contributed by atoms with Gasteiger partial charge in [0.05, 0.1) is 0 Å². The van der Waals surface area contributed by atoms with Gasteiger partial charge in [0, 0.05) is 29.6 Å².